The molecule has 0 bridgehead atoms. The third kappa shape index (κ3) is 6.25. The van der Waals surface area contributed by atoms with E-state index < -0.39 is 51.8 Å². The topological polar surface area (TPSA) is 126 Å². The minimum atomic E-state index is -4.75. The van der Waals surface area contributed by atoms with Crippen LogP contribution in [0.3, 0.4) is 0 Å². The first-order valence-electron chi connectivity index (χ1n) is 11.1. The van der Waals surface area contributed by atoms with Gasteiger partial charge in [-0.2, -0.15) is 17.5 Å². The van der Waals surface area contributed by atoms with Crippen molar-refractivity contribution < 1.29 is 31.1 Å². The van der Waals surface area contributed by atoms with Crippen LogP contribution in [0.15, 0.2) is 29.9 Å². The predicted octanol–water partition coefficient (Wildman–Crippen LogP) is 2.88. The van der Waals surface area contributed by atoms with Crippen LogP contribution in [0.5, 0.6) is 0 Å². The summed E-state index contributed by atoms with van der Waals surface area (Å²) in [5.41, 5.74) is -2.60. The van der Waals surface area contributed by atoms with E-state index in [-0.39, 0.29) is 35.2 Å². The van der Waals surface area contributed by atoms with Gasteiger partial charge in [0.1, 0.15) is 11.7 Å². The molecule has 2 N–H and O–H groups in total. The van der Waals surface area contributed by atoms with Gasteiger partial charge in [0.05, 0.1) is 33.5 Å². The van der Waals surface area contributed by atoms with Gasteiger partial charge in [-0.3, -0.25) is 0 Å². The Morgan fingerprint density at radius 3 is 2.54 bits per heavy atom. The molecule has 10 nitrogen and oxygen atoms in total. The molecule has 4 rings (SSSR count). The zero-order chi connectivity index (χ0) is 27.2. The first kappa shape index (κ1) is 27.3. The maximum absolute atomic E-state index is 15.0. The molecule has 202 valence electrons. The van der Waals surface area contributed by atoms with Gasteiger partial charge in [0.25, 0.3) is 10.0 Å². The maximum atomic E-state index is 15.0. The van der Waals surface area contributed by atoms with Crippen molar-refractivity contribution in [1.29, 1.82) is 0 Å². The zero-order valence-electron chi connectivity index (χ0n) is 20.1. The Labute approximate surface area is 214 Å². The van der Waals surface area contributed by atoms with Gasteiger partial charge in [0, 0.05) is 45.1 Å². The van der Waals surface area contributed by atoms with E-state index in [4.69, 9.17) is 0 Å². The first-order chi connectivity index (χ1) is 17.1. The lowest BCUT2D eigenvalue weighted by Gasteiger charge is -2.33. The molecule has 1 aliphatic heterocycles. The van der Waals surface area contributed by atoms with E-state index in [0.29, 0.717) is 11.2 Å². The maximum Gasteiger partial charge on any atom is 0.420 e. The molecule has 37 heavy (non-hydrogen) atoms. The molecule has 16 heteroatoms. The number of hydrogen-bond donors (Lipinski definition) is 2. The van der Waals surface area contributed by atoms with Crippen LogP contribution in [0.4, 0.5) is 23.5 Å². The van der Waals surface area contributed by atoms with Crippen molar-refractivity contribution in [3.05, 3.63) is 35.5 Å². The number of aliphatic hydroxyl groups is 1. The van der Waals surface area contributed by atoms with Crippen LogP contribution in [0.2, 0.25) is 0 Å². The van der Waals surface area contributed by atoms with Crippen LogP contribution >= 0.6 is 11.3 Å². The lowest BCUT2D eigenvalue weighted by molar-refractivity contribution is -0.137. The van der Waals surface area contributed by atoms with E-state index in [9.17, 15) is 26.7 Å². The van der Waals surface area contributed by atoms with Crippen molar-refractivity contribution in [2.75, 3.05) is 18.4 Å². The number of aromatic nitrogens is 5. The van der Waals surface area contributed by atoms with E-state index in [0.717, 1.165) is 15.6 Å². The van der Waals surface area contributed by atoms with Gasteiger partial charge in [-0.15, -0.1) is 11.3 Å². The molecule has 2 atom stereocenters. The van der Waals surface area contributed by atoms with Crippen LogP contribution in [-0.2, 0) is 29.7 Å². The number of aryl methyl sites for hydroxylation is 1. The molecule has 0 spiro atoms. The fourth-order valence-corrected chi connectivity index (χ4v) is 6.37. The number of hydrogen-bond acceptors (Lipinski definition) is 9. The summed E-state index contributed by atoms with van der Waals surface area (Å²) in [5, 5.41) is 12.9. The van der Waals surface area contributed by atoms with E-state index in [1.807, 2.05) is 0 Å². The highest BCUT2D eigenvalue weighted by Crippen LogP contribution is 2.38. The molecule has 1 aliphatic rings. The third-order valence-electron chi connectivity index (χ3n) is 5.57. The molecule has 0 unspecified atom stereocenters. The average molecular weight is 564 g/mol. The van der Waals surface area contributed by atoms with Crippen LogP contribution < -0.4 is 5.32 Å². The standard InChI is InChI=1S/C21H25F4N7O3S2/c1-20(2,33)6-16-26-8-15(36-16)18-12(21(23,24)25)7-27-19(30-18)29-14-4-5-32(9-13(14)22)37(34,35)17-10-31(3)11-28-17/h7-8,10-11,13-14,33H,4-6,9H2,1-3H3,(H,27,29,30)/t13-,14+/m1/s1. The summed E-state index contributed by atoms with van der Waals surface area (Å²) in [5.74, 6) is -0.228. The van der Waals surface area contributed by atoms with E-state index in [1.54, 1.807) is 20.9 Å². The van der Waals surface area contributed by atoms with Crippen LogP contribution in [0.1, 0.15) is 30.8 Å². The number of piperidine rings is 1. The van der Waals surface area contributed by atoms with Gasteiger partial charge in [-0.1, -0.05) is 0 Å². The van der Waals surface area contributed by atoms with Gasteiger partial charge in [0.15, 0.2) is 5.03 Å². The Bertz CT molecular complexity index is 1370. The molecule has 4 heterocycles. The SMILES string of the molecule is Cn1cnc(S(=O)(=O)N2CC[C@H](Nc3ncc(C(F)(F)F)c(-c4cnc(CC(C)(C)O)s4)n3)[C@H](F)C2)c1. The van der Waals surface area contributed by atoms with Crippen molar-refractivity contribution in [2.45, 2.75) is 55.7 Å². The lowest BCUT2D eigenvalue weighted by atomic mass is 10.1. The average Bonchev–Trinajstić information content (AvgIpc) is 3.42. The number of thiazole rings is 1. The fraction of sp³-hybridized carbons (Fsp3) is 0.524. The van der Waals surface area contributed by atoms with Crippen molar-refractivity contribution in [1.82, 2.24) is 28.8 Å². The number of alkyl halides is 4. The second kappa shape index (κ2) is 9.89. The minimum absolute atomic E-state index is 0.0281. The van der Waals surface area contributed by atoms with Crippen LogP contribution in [0, 0.1) is 0 Å². The van der Waals surface area contributed by atoms with E-state index >= 15 is 4.39 Å². The van der Waals surface area contributed by atoms with Gasteiger partial charge < -0.3 is 15.0 Å². The third-order valence-corrected chi connectivity index (χ3v) is 8.32. The van der Waals surface area contributed by atoms with E-state index in [2.05, 4.69) is 25.3 Å². The molecule has 0 aliphatic carbocycles. The summed E-state index contributed by atoms with van der Waals surface area (Å²) < 4.78 is 84.0. The quantitative estimate of drug-likeness (QED) is 0.421. The van der Waals surface area contributed by atoms with Crippen molar-refractivity contribution >= 4 is 27.3 Å². The highest BCUT2D eigenvalue weighted by molar-refractivity contribution is 7.89. The predicted molar refractivity (Wildman–Crippen MR) is 127 cm³/mol. The summed E-state index contributed by atoms with van der Waals surface area (Å²) in [4.78, 5) is 15.8. The second-order valence-corrected chi connectivity index (χ2v) is 12.4. The Morgan fingerprint density at radius 1 is 1.22 bits per heavy atom. The number of imidazole rings is 1. The summed E-state index contributed by atoms with van der Waals surface area (Å²) in [6.07, 6.45) is -1.76. The van der Waals surface area contributed by atoms with Gasteiger partial charge in [-0.25, -0.2) is 32.7 Å². The Hall–Kier alpha value is -2.69. The number of rotatable bonds is 7. The molecule has 0 aromatic carbocycles. The summed E-state index contributed by atoms with van der Waals surface area (Å²) >= 11 is 0.957. The van der Waals surface area contributed by atoms with Crippen molar-refractivity contribution in [3.8, 4) is 10.6 Å². The normalized spacial score (nSPS) is 19.8. The number of nitrogens with zero attached hydrogens (tertiary/aromatic N) is 6. The lowest BCUT2D eigenvalue weighted by Crippen LogP contribution is -2.50. The summed E-state index contributed by atoms with van der Waals surface area (Å²) in [6.45, 7) is 2.63. The largest absolute Gasteiger partial charge is 0.420 e. The molecule has 3 aromatic rings. The molecule has 1 fully saturated rings. The highest BCUT2D eigenvalue weighted by atomic mass is 32.2. The van der Waals surface area contributed by atoms with Crippen molar-refractivity contribution in [2.24, 2.45) is 7.05 Å². The first-order valence-corrected chi connectivity index (χ1v) is 13.4. The van der Waals surface area contributed by atoms with Gasteiger partial charge >= 0.3 is 6.18 Å². The zero-order valence-corrected chi connectivity index (χ0v) is 21.7. The molecular formula is C21H25F4N7O3S2. The van der Waals surface area contributed by atoms with Gasteiger partial charge in [-0.05, 0) is 20.3 Å². The Morgan fingerprint density at radius 2 is 1.95 bits per heavy atom. The molecule has 0 amide bonds. The fourth-order valence-electron chi connectivity index (χ4n) is 3.80. The molecule has 0 saturated carbocycles. The van der Waals surface area contributed by atoms with E-state index in [1.165, 1.54) is 23.3 Å². The van der Waals surface area contributed by atoms with Crippen molar-refractivity contribution in [3.63, 3.8) is 0 Å². The summed E-state index contributed by atoms with van der Waals surface area (Å²) in [6, 6.07) is -0.924. The second-order valence-electron chi connectivity index (χ2n) is 9.36. The number of sulfonamides is 1. The molecular weight excluding hydrogens is 538 g/mol. The summed E-state index contributed by atoms with van der Waals surface area (Å²) in [7, 11) is -2.38. The smallest absolute Gasteiger partial charge is 0.390 e. The number of nitrogens with one attached hydrogen (secondary N) is 1. The van der Waals surface area contributed by atoms with Gasteiger partial charge in [0.2, 0.25) is 5.95 Å². The van der Waals surface area contributed by atoms with Crippen LogP contribution in [0.25, 0.3) is 10.6 Å². The van der Waals surface area contributed by atoms with Crippen LogP contribution in [-0.4, -0.2) is 73.2 Å². The number of anilines is 1. The molecule has 0 radical (unpaired) electrons. The highest BCUT2D eigenvalue weighted by Gasteiger charge is 2.39. The Balaban J connectivity index is 1.54. The Kier molecular flexibility index (Phi) is 7.31. The number of halogens is 4. The molecule has 3 aromatic heterocycles. The molecule has 1 saturated heterocycles. The monoisotopic (exact) mass is 563 g/mol. The minimum Gasteiger partial charge on any atom is -0.390 e.